The summed E-state index contributed by atoms with van der Waals surface area (Å²) >= 11 is 0. The zero-order chi connectivity index (χ0) is 14.6. The number of hydrogen-bond acceptors (Lipinski definition) is 1. The second kappa shape index (κ2) is 6.76. The lowest BCUT2D eigenvalue weighted by Gasteiger charge is -2.30. The molecule has 1 aliphatic rings. The largest absolute Gasteiger partial charge is 0.299 e. The number of rotatable bonds is 6. The summed E-state index contributed by atoms with van der Waals surface area (Å²) in [5, 5.41) is 0. The van der Waals surface area contributed by atoms with Crippen LogP contribution in [0.1, 0.15) is 69.6 Å². The molecule has 20 heavy (non-hydrogen) atoms. The van der Waals surface area contributed by atoms with Gasteiger partial charge in [-0.1, -0.05) is 45.4 Å². The van der Waals surface area contributed by atoms with E-state index in [1.54, 1.807) is 11.1 Å². The predicted octanol–water partition coefficient (Wildman–Crippen LogP) is 5.06. The second-order valence-corrected chi connectivity index (χ2v) is 6.79. The van der Waals surface area contributed by atoms with Gasteiger partial charge < -0.3 is 0 Å². The number of benzene rings is 1. The Morgan fingerprint density at radius 3 is 2.45 bits per heavy atom. The Labute approximate surface area is 125 Å². The highest BCUT2D eigenvalue weighted by Gasteiger charge is 2.24. The van der Waals surface area contributed by atoms with Crippen molar-refractivity contribution in [1.82, 2.24) is 4.90 Å². The molecule has 1 atom stereocenters. The molecule has 1 heterocycles. The topological polar surface area (TPSA) is 3.24 Å². The summed E-state index contributed by atoms with van der Waals surface area (Å²) in [6, 6.07) is 7.19. The zero-order valence-corrected chi connectivity index (χ0v) is 13.8. The van der Waals surface area contributed by atoms with Gasteiger partial charge >= 0.3 is 0 Å². The van der Waals surface area contributed by atoms with Crippen LogP contribution in [0.2, 0.25) is 0 Å². The Balaban J connectivity index is 2.22. The van der Waals surface area contributed by atoms with Crippen LogP contribution in [0, 0.1) is 6.92 Å². The van der Waals surface area contributed by atoms with Gasteiger partial charge in [-0.15, -0.1) is 0 Å². The summed E-state index contributed by atoms with van der Waals surface area (Å²) in [5.74, 6) is 0. The molecule has 0 radical (unpaired) electrons. The van der Waals surface area contributed by atoms with Gasteiger partial charge in [0.2, 0.25) is 0 Å². The molecule has 112 valence electrons. The van der Waals surface area contributed by atoms with Gasteiger partial charge in [0.25, 0.3) is 0 Å². The summed E-state index contributed by atoms with van der Waals surface area (Å²) in [7, 11) is 0. The quantitative estimate of drug-likeness (QED) is 0.700. The molecule has 0 bridgehead atoms. The van der Waals surface area contributed by atoms with E-state index in [2.05, 4.69) is 50.8 Å². The van der Waals surface area contributed by atoms with E-state index in [1.165, 1.54) is 50.8 Å². The number of aryl methyl sites for hydroxylation is 1. The van der Waals surface area contributed by atoms with Gasteiger partial charge in [-0.05, 0) is 67.8 Å². The molecule has 0 aromatic heterocycles. The molecule has 1 unspecified atom stereocenters. The Morgan fingerprint density at radius 1 is 1.15 bits per heavy atom. The SMILES string of the molecule is CCCC(C)(CC)c1ccc(C)c(CN2CCCC2)c1. The van der Waals surface area contributed by atoms with Crippen LogP contribution >= 0.6 is 0 Å². The standard InChI is InChI=1S/C19H31N/c1-5-11-19(4,6-2)18-10-9-16(3)17(14-18)15-20-12-7-8-13-20/h9-10,14H,5-8,11-13,15H2,1-4H3. The summed E-state index contributed by atoms with van der Waals surface area (Å²) in [6.45, 7) is 13.0. The van der Waals surface area contributed by atoms with Gasteiger partial charge in [0.05, 0.1) is 0 Å². The van der Waals surface area contributed by atoms with Crippen molar-refractivity contribution in [2.75, 3.05) is 13.1 Å². The van der Waals surface area contributed by atoms with Gasteiger partial charge in [-0.3, -0.25) is 4.90 Å². The third-order valence-corrected chi connectivity index (χ3v) is 5.22. The van der Waals surface area contributed by atoms with Crippen LogP contribution in [-0.4, -0.2) is 18.0 Å². The maximum atomic E-state index is 2.61. The number of hydrogen-bond donors (Lipinski definition) is 0. The second-order valence-electron chi connectivity index (χ2n) is 6.79. The third kappa shape index (κ3) is 3.44. The first-order chi connectivity index (χ1) is 9.59. The average Bonchev–Trinajstić information content (AvgIpc) is 2.94. The Bertz CT molecular complexity index is 431. The van der Waals surface area contributed by atoms with Crippen molar-refractivity contribution < 1.29 is 0 Å². The van der Waals surface area contributed by atoms with E-state index in [0.29, 0.717) is 5.41 Å². The predicted molar refractivity (Wildman–Crippen MR) is 88.2 cm³/mol. The van der Waals surface area contributed by atoms with E-state index in [1.807, 2.05) is 0 Å². The minimum absolute atomic E-state index is 0.349. The maximum absolute atomic E-state index is 2.61. The third-order valence-electron chi connectivity index (χ3n) is 5.22. The summed E-state index contributed by atoms with van der Waals surface area (Å²) in [6.07, 6.45) is 6.53. The summed E-state index contributed by atoms with van der Waals surface area (Å²) < 4.78 is 0. The Morgan fingerprint density at radius 2 is 1.85 bits per heavy atom. The van der Waals surface area contributed by atoms with Crippen molar-refractivity contribution in [2.24, 2.45) is 0 Å². The van der Waals surface area contributed by atoms with E-state index in [4.69, 9.17) is 0 Å². The highest BCUT2D eigenvalue weighted by Crippen LogP contribution is 2.33. The van der Waals surface area contributed by atoms with E-state index in [9.17, 15) is 0 Å². The molecule has 2 rings (SSSR count). The van der Waals surface area contributed by atoms with Gasteiger partial charge in [-0.2, -0.15) is 0 Å². The molecule has 1 heteroatoms. The highest BCUT2D eigenvalue weighted by atomic mass is 15.1. The molecule has 1 aromatic rings. The van der Waals surface area contributed by atoms with Crippen molar-refractivity contribution >= 4 is 0 Å². The summed E-state index contributed by atoms with van der Waals surface area (Å²) in [5.41, 5.74) is 4.89. The van der Waals surface area contributed by atoms with E-state index < -0.39 is 0 Å². The molecule has 1 nitrogen and oxygen atoms in total. The Kier molecular flexibility index (Phi) is 5.26. The highest BCUT2D eigenvalue weighted by molar-refractivity contribution is 5.35. The van der Waals surface area contributed by atoms with E-state index in [-0.39, 0.29) is 0 Å². The van der Waals surface area contributed by atoms with Gasteiger partial charge in [-0.25, -0.2) is 0 Å². The fraction of sp³-hybridized carbons (Fsp3) is 0.684. The Hall–Kier alpha value is -0.820. The molecule has 0 saturated carbocycles. The van der Waals surface area contributed by atoms with Crippen LogP contribution < -0.4 is 0 Å². The zero-order valence-electron chi connectivity index (χ0n) is 13.8. The number of likely N-dealkylation sites (tertiary alicyclic amines) is 1. The normalized spacial score (nSPS) is 19.2. The first-order valence-corrected chi connectivity index (χ1v) is 8.41. The average molecular weight is 273 g/mol. The smallest absolute Gasteiger partial charge is 0.0236 e. The molecule has 0 aliphatic carbocycles. The van der Waals surface area contributed by atoms with Gasteiger partial charge in [0.1, 0.15) is 0 Å². The van der Waals surface area contributed by atoms with Gasteiger partial charge in [0.15, 0.2) is 0 Å². The van der Waals surface area contributed by atoms with Crippen LogP contribution in [-0.2, 0) is 12.0 Å². The molecule has 1 aliphatic heterocycles. The lowest BCUT2D eigenvalue weighted by Crippen LogP contribution is -2.22. The van der Waals surface area contributed by atoms with Crippen LogP contribution in [0.15, 0.2) is 18.2 Å². The monoisotopic (exact) mass is 273 g/mol. The first-order valence-electron chi connectivity index (χ1n) is 8.41. The molecular formula is C19H31N. The van der Waals surface area contributed by atoms with E-state index >= 15 is 0 Å². The molecule has 0 N–H and O–H groups in total. The molecule has 1 fully saturated rings. The van der Waals surface area contributed by atoms with Crippen LogP contribution in [0.4, 0.5) is 0 Å². The molecule has 0 amide bonds. The molecule has 1 saturated heterocycles. The lowest BCUT2D eigenvalue weighted by molar-refractivity contribution is 0.330. The first kappa shape index (κ1) is 15.6. The lowest BCUT2D eigenvalue weighted by atomic mass is 9.76. The minimum atomic E-state index is 0.349. The fourth-order valence-electron chi connectivity index (χ4n) is 3.48. The maximum Gasteiger partial charge on any atom is 0.0236 e. The van der Waals surface area contributed by atoms with Gasteiger partial charge in [0, 0.05) is 6.54 Å². The van der Waals surface area contributed by atoms with Crippen molar-refractivity contribution in [2.45, 2.75) is 71.8 Å². The fourth-order valence-corrected chi connectivity index (χ4v) is 3.48. The summed E-state index contributed by atoms with van der Waals surface area (Å²) in [4.78, 5) is 2.61. The van der Waals surface area contributed by atoms with E-state index in [0.717, 1.165) is 6.54 Å². The van der Waals surface area contributed by atoms with Crippen LogP contribution in [0.25, 0.3) is 0 Å². The van der Waals surface area contributed by atoms with Crippen LogP contribution in [0.5, 0.6) is 0 Å². The minimum Gasteiger partial charge on any atom is -0.299 e. The van der Waals surface area contributed by atoms with Crippen molar-refractivity contribution in [1.29, 1.82) is 0 Å². The van der Waals surface area contributed by atoms with Crippen LogP contribution in [0.3, 0.4) is 0 Å². The van der Waals surface area contributed by atoms with Crippen molar-refractivity contribution in [3.05, 3.63) is 34.9 Å². The molecule has 1 aromatic carbocycles. The van der Waals surface area contributed by atoms with Crippen molar-refractivity contribution in [3.63, 3.8) is 0 Å². The van der Waals surface area contributed by atoms with Crippen molar-refractivity contribution in [3.8, 4) is 0 Å². The molecular weight excluding hydrogens is 242 g/mol. The molecule has 0 spiro atoms. The number of nitrogens with zero attached hydrogens (tertiary/aromatic N) is 1.